The predicted octanol–water partition coefficient (Wildman–Crippen LogP) is 3.96. The van der Waals surface area contributed by atoms with Gasteiger partial charge in [-0.05, 0) is 25.1 Å². The van der Waals surface area contributed by atoms with Gasteiger partial charge in [-0.1, -0.05) is 35.4 Å². The number of imidazole rings is 1. The van der Waals surface area contributed by atoms with Crippen LogP contribution < -0.4 is 0 Å². The van der Waals surface area contributed by atoms with Crippen LogP contribution in [0, 0.1) is 6.92 Å². The first-order valence-corrected chi connectivity index (χ1v) is 5.82. The minimum absolute atomic E-state index is 0.673. The molecule has 17 heavy (non-hydrogen) atoms. The second-order valence-corrected chi connectivity index (χ2v) is 4.49. The summed E-state index contributed by atoms with van der Waals surface area (Å²) >= 11 is 6.11. The lowest BCUT2D eigenvalue weighted by Crippen LogP contribution is -1.80. The van der Waals surface area contributed by atoms with E-state index < -0.39 is 0 Å². The van der Waals surface area contributed by atoms with Gasteiger partial charge in [-0.25, -0.2) is 4.98 Å². The number of fused-ring (bicyclic) bond motifs is 1. The number of hydrogen-bond acceptors (Lipinski definition) is 1. The number of benzene rings is 1. The summed E-state index contributed by atoms with van der Waals surface area (Å²) in [4.78, 5) is 4.55. The van der Waals surface area contributed by atoms with Gasteiger partial charge in [0.25, 0.3) is 0 Å². The van der Waals surface area contributed by atoms with Gasteiger partial charge in [0.15, 0.2) is 5.65 Å². The molecule has 2 nitrogen and oxygen atoms in total. The lowest BCUT2D eigenvalue weighted by Gasteiger charge is -1.96. The molecule has 2 heterocycles. The Hall–Kier alpha value is -1.80. The van der Waals surface area contributed by atoms with Crippen LogP contribution in [0.15, 0.2) is 48.8 Å². The fraction of sp³-hybridized carbons (Fsp3) is 0.0714. The van der Waals surface area contributed by atoms with Crippen molar-refractivity contribution in [2.75, 3.05) is 0 Å². The summed E-state index contributed by atoms with van der Waals surface area (Å²) in [5.41, 5.74) is 4.09. The zero-order valence-corrected chi connectivity index (χ0v) is 10.1. The molecular weight excluding hydrogens is 232 g/mol. The van der Waals surface area contributed by atoms with Crippen LogP contribution in [0.25, 0.3) is 16.9 Å². The standard InChI is InChI=1S/C14H11ClN2/c1-10-4-2-5-11(8-10)13-9-17-7-3-6-12(15)14(17)16-13/h2-9H,1H3. The zero-order chi connectivity index (χ0) is 11.8. The third kappa shape index (κ3) is 1.81. The number of hydrogen-bond donors (Lipinski definition) is 0. The Kier molecular flexibility index (Phi) is 2.37. The van der Waals surface area contributed by atoms with Gasteiger partial charge in [-0.3, -0.25) is 0 Å². The van der Waals surface area contributed by atoms with E-state index in [0.717, 1.165) is 16.9 Å². The molecule has 3 aromatic rings. The van der Waals surface area contributed by atoms with Crippen LogP contribution in [0.2, 0.25) is 5.02 Å². The summed E-state index contributed by atoms with van der Waals surface area (Å²) in [6.45, 7) is 2.08. The van der Waals surface area contributed by atoms with Crippen LogP contribution in [-0.4, -0.2) is 9.38 Å². The molecule has 0 spiro atoms. The first-order valence-electron chi connectivity index (χ1n) is 5.44. The quantitative estimate of drug-likeness (QED) is 0.631. The Morgan fingerprint density at radius 1 is 1.18 bits per heavy atom. The van der Waals surface area contributed by atoms with E-state index in [2.05, 4.69) is 30.1 Å². The molecule has 0 saturated heterocycles. The molecule has 2 aromatic heterocycles. The van der Waals surface area contributed by atoms with Crippen molar-refractivity contribution in [2.24, 2.45) is 0 Å². The Labute approximate surface area is 104 Å². The van der Waals surface area contributed by atoms with Gasteiger partial charge < -0.3 is 4.40 Å². The van der Waals surface area contributed by atoms with Gasteiger partial charge in [0.1, 0.15) is 0 Å². The lowest BCUT2D eigenvalue weighted by molar-refractivity contribution is 1.19. The average Bonchev–Trinajstić information content (AvgIpc) is 2.74. The Morgan fingerprint density at radius 2 is 2.06 bits per heavy atom. The fourth-order valence-corrected chi connectivity index (χ4v) is 2.13. The normalized spacial score (nSPS) is 10.9. The minimum atomic E-state index is 0.673. The Morgan fingerprint density at radius 3 is 2.82 bits per heavy atom. The van der Waals surface area contributed by atoms with Crippen LogP contribution >= 0.6 is 11.6 Å². The molecule has 0 bridgehead atoms. The van der Waals surface area contributed by atoms with E-state index in [1.54, 1.807) is 0 Å². The molecule has 3 heteroatoms. The van der Waals surface area contributed by atoms with Crippen molar-refractivity contribution in [3.63, 3.8) is 0 Å². The minimum Gasteiger partial charge on any atom is -0.305 e. The second-order valence-electron chi connectivity index (χ2n) is 4.08. The number of rotatable bonds is 1. The number of pyridine rings is 1. The summed E-state index contributed by atoms with van der Waals surface area (Å²) in [6, 6.07) is 12.1. The highest BCUT2D eigenvalue weighted by Crippen LogP contribution is 2.23. The molecule has 0 aliphatic rings. The van der Waals surface area contributed by atoms with Crippen LogP contribution in [0.1, 0.15) is 5.56 Å². The zero-order valence-electron chi connectivity index (χ0n) is 9.39. The van der Waals surface area contributed by atoms with Crippen molar-refractivity contribution in [3.8, 4) is 11.3 Å². The Balaban J connectivity index is 2.22. The van der Waals surface area contributed by atoms with Gasteiger partial charge in [0.2, 0.25) is 0 Å². The van der Waals surface area contributed by atoms with Crippen molar-refractivity contribution < 1.29 is 0 Å². The largest absolute Gasteiger partial charge is 0.305 e. The van der Waals surface area contributed by atoms with Crippen LogP contribution in [0.3, 0.4) is 0 Å². The lowest BCUT2D eigenvalue weighted by atomic mass is 10.1. The topological polar surface area (TPSA) is 17.3 Å². The summed E-state index contributed by atoms with van der Waals surface area (Å²) in [5.74, 6) is 0. The molecular formula is C14H11ClN2. The molecule has 3 rings (SSSR count). The monoisotopic (exact) mass is 242 g/mol. The summed E-state index contributed by atoms with van der Waals surface area (Å²) in [7, 11) is 0. The van der Waals surface area contributed by atoms with E-state index in [9.17, 15) is 0 Å². The Bertz CT molecular complexity index is 686. The van der Waals surface area contributed by atoms with Gasteiger partial charge in [-0.2, -0.15) is 0 Å². The maximum absolute atomic E-state index is 6.11. The van der Waals surface area contributed by atoms with Gasteiger partial charge in [-0.15, -0.1) is 0 Å². The van der Waals surface area contributed by atoms with E-state index >= 15 is 0 Å². The first-order chi connectivity index (χ1) is 8.24. The number of halogens is 1. The molecule has 0 fully saturated rings. The molecule has 0 aliphatic heterocycles. The predicted molar refractivity (Wildman–Crippen MR) is 70.4 cm³/mol. The van der Waals surface area contributed by atoms with E-state index in [4.69, 9.17) is 11.6 Å². The van der Waals surface area contributed by atoms with Crippen LogP contribution in [-0.2, 0) is 0 Å². The van der Waals surface area contributed by atoms with Gasteiger partial charge in [0, 0.05) is 18.0 Å². The molecule has 84 valence electrons. The summed E-state index contributed by atoms with van der Waals surface area (Å²) < 4.78 is 1.94. The van der Waals surface area contributed by atoms with E-state index in [1.807, 2.05) is 35.0 Å². The first kappa shape index (κ1) is 10.4. The average molecular weight is 243 g/mol. The summed E-state index contributed by atoms with van der Waals surface area (Å²) in [6.07, 6.45) is 3.95. The molecule has 0 atom stereocenters. The highest BCUT2D eigenvalue weighted by atomic mass is 35.5. The SMILES string of the molecule is Cc1cccc(-c2cn3cccc(Cl)c3n2)c1. The molecule has 0 aliphatic carbocycles. The van der Waals surface area contributed by atoms with E-state index in [1.165, 1.54) is 5.56 Å². The molecule has 0 amide bonds. The second kappa shape index (κ2) is 3.90. The van der Waals surface area contributed by atoms with Crippen LogP contribution in [0.5, 0.6) is 0 Å². The third-order valence-corrected chi connectivity index (χ3v) is 3.04. The molecule has 0 N–H and O–H groups in total. The van der Waals surface area contributed by atoms with Crippen molar-refractivity contribution in [2.45, 2.75) is 6.92 Å². The van der Waals surface area contributed by atoms with Gasteiger partial charge in [0.05, 0.1) is 10.7 Å². The number of nitrogens with zero attached hydrogens (tertiary/aromatic N) is 2. The highest BCUT2D eigenvalue weighted by molar-refractivity contribution is 6.33. The smallest absolute Gasteiger partial charge is 0.156 e. The summed E-state index contributed by atoms with van der Waals surface area (Å²) in [5, 5.41) is 0.673. The van der Waals surface area contributed by atoms with Crippen molar-refractivity contribution in [1.29, 1.82) is 0 Å². The van der Waals surface area contributed by atoms with Crippen LogP contribution in [0.4, 0.5) is 0 Å². The highest BCUT2D eigenvalue weighted by Gasteiger charge is 2.06. The number of aryl methyl sites for hydroxylation is 1. The number of aromatic nitrogens is 2. The van der Waals surface area contributed by atoms with Gasteiger partial charge >= 0.3 is 0 Å². The molecule has 0 saturated carbocycles. The van der Waals surface area contributed by atoms with E-state index in [-0.39, 0.29) is 0 Å². The molecule has 1 aromatic carbocycles. The molecule has 0 unspecified atom stereocenters. The van der Waals surface area contributed by atoms with Crippen molar-refractivity contribution in [3.05, 3.63) is 59.4 Å². The van der Waals surface area contributed by atoms with Crippen molar-refractivity contribution >= 4 is 17.2 Å². The third-order valence-electron chi connectivity index (χ3n) is 2.75. The van der Waals surface area contributed by atoms with Crippen molar-refractivity contribution in [1.82, 2.24) is 9.38 Å². The van der Waals surface area contributed by atoms with E-state index in [0.29, 0.717) is 5.02 Å². The fourth-order valence-electron chi connectivity index (χ4n) is 1.92. The molecule has 0 radical (unpaired) electrons. The maximum Gasteiger partial charge on any atom is 0.156 e. The maximum atomic E-state index is 6.11.